The minimum absolute atomic E-state index is 0.223. The third kappa shape index (κ3) is 6.15. The Bertz CT molecular complexity index is 343. The van der Waals surface area contributed by atoms with Crippen LogP contribution in [-0.4, -0.2) is 30.3 Å². The summed E-state index contributed by atoms with van der Waals surface area (Å²) in [7, 11) is 0. The van der Waals surface area contributed by atoms with Gasteiger partial charge in [-0.25, -0.2) is 4.79 Å². The molecule has 2 saturated carbocycles. The lowest BCUT2D eigenvalue weighted by molar-refractivity contribution is 0.0497. The maximum atomic E-state index is 12.0. The Morgan fingerprint density at radius 3 is 2.23 bits per heavy atom. The van der Waals surface area contributed by atoms with Gasteiger partial charge in [-0.05, 0) is 65.3 Å². The zero-order valence-corrected chi connectivity index (χ0v) is 14.6. The number of hydrogen-bond acceptors (Lipinski definition) is 3. The lowest BCUT2D eigenvalue weighted by Gasteiger charge is -2.26. The molecule has 0 aromatic rings. The summed E-state index contributed by atoms with van der Waals surface area (Å²) in [5.74, 6) is 0.824. The largest absolute Gasteiger partial charge is 0.444 e. The van der Waals surface area contributed by atoms with Gasteiger partial charge in [0.2, 0.25) is 0 Å². The van der Waals surface area contributed by atoms with Gasteiger partial charge in [0, 0.05) is 12.1 Å². The van der Waals surface area contributed by atoms with E-state index < -0.39 is 5.60 Å². The number of carbonyl (C=O) groups is 1. The highest BCUT2D eigenvalue weighted by molar-refractivity contribution is 5.68. The summed E-state index contributed by atoms with van der Waals surface area (Å²) in [6.07, 6.45) is 11.4. The molecule has 0 bridgehead atoms. The molecular formula is C18H34N2O2. The van der Waals surface area contributed by atoms with E-state index in [0.717, 1.165) is 25.3 Å². The molecule has 4 heteroatoms. The standard InChI is InChI=1S/C18H34N2O2/c1-18(2,3)22-17(21)20-16-12-8-11-15(16)19-13-14-9-6-4-5-7-10-14/h14-16,19H,4-13H2,1-3H3,(H,20,21). The van der Waals surface area contributed by atoms with Crippen molar-refractivity contribution in [3.05, 3.63) is 0 Å². The molecule has 2 atom stereocenters. The van der Waals surface area contributed by atoms with Crippen LogP contribution >= 0.6 is 0 Å². The van der Waals surface area contributed by atoms with Gasteiger partial charge in [-0.3, -0.25) is 0 Å². The van der Waals surface area contributed by atoms with Crippen LogP contribution in [0.2, 0.25) is 0 Å². The van der Waals surface area contributed by atoms with Crippen molar-refractivity contribution in [1.29, 1.82) is 0 Å². The highest BCUT2D eigenvalue weighted by atomic mass is 16.6. The first-order valence-electron chi connectivity index (χ1n) is 9.17. The molecule has 0 heterocycles. The van der Waals surface area contributed by atoms with Gasteiger partial charge in [-0.1, -0.05) is 25.7 Å². The summed E-state index contributed by atoms with van der Waals surface area (Å²) in [6, 6.07) is 0.636. The van der Waals surface area contributed by atoms with Crippen molar-refractivity contribution in [2.75, 3.05) is 6.54 Å². The summed E-state index contributed by atoms with van der Waals surface area (Å²) in [4.78, 5) is 12.0. The van der Waals surface area contributed by atoms with Gasteiger partial charge in [0.25, 0.3) is 0 Å². The van der Waals surface area contributed by atoms with Crippen LogP contribution in [0.4, 0.5) is 4.79 Å². The summed E-state index contributed by atoms with van der Waals surface area (Å²) in [5.41, 5.74) is -0.425. The molecule has 128 valence electrons. The first kappa shape index (κ1) is 17.6. The van der Waals surface area contributed by atoms with E-state index in [-0.39, 0.29) is 12.1 Å². The number of alkyl carbamates (subject to hydrolysis) is 1. The molecule has 0 aromatic heterocycles. The van der Waals surface area contributed by atoms with E-state index in [0.29, 0.717) is 6.04 Å². The smallest absolute Gasteiger partial charge is 0.407 e. The van der Waals surface area contributed by atoms with Gasteiger partial charge in [0.15, 0.2) is 0 Å². The number of rotatable bonds is 4. The normalized spacial score (nSPS) is 27.4. The molecule has 0 aliphatic heterocycles. The lowest BCUT2D eigenvalue weighted by Crippen LogP contribution is -2.49. The predicted molar refractivity (Wildman–Crippen MR) is 90.0 cm³/mol. The molecule has 0 spiro atoms. The minimum Gasteiger partial charge on any atom is -0.444 e. The van der Waals surface area contributed by atoms with Crippen molar-refractivity contribution < 1.29 is 9.53 Å². The molecule has 4 nitrogen and oxygen atoms in total. The maximum Gasteiger partial charge on any atom is 0.407 e. The van der Waals surface area contributed by atoms with Gasteiger partial charge in [-0.15, -0.1) is 0 Å². The maximum absolute atomic E-state index is 12.0. The Labute approximate surface area is 135 Å². The van der Waals surface area contributed by atoms with Crippen molar-refractivity contribution >= 4 is 6.09 Å². The van der Waals surface area contributed by atoms with Crippen molar-refractivity contribution in [2.24, 2.45) is 5.92 Å². The van der Waals surface area contributed by atoms with Gasteiger partial charge in [-0.2, -0.15) is 0 Å². The third-order valence-corrected chi connectivity index (χ3v) is 4.86. The minimum atomic E-state index is -0.425. The average molecular weight is 310 g/mol. The fourth-order valence-electron chi connectivity index (χ4n) is 3.72. The van der Waals surface area contributed by atoms with Crippen molar-refractivity contribution in [3.8, 4) is 0 Å². The number of amides is 1. The number of carbonyl (C=O) groups excluding carboxylic acids is 1. The second kappa shape index (κ2) is 8.19. The molecule has 2 aliphatic carbocycles. The van der Waals surface area contributed by atoms with E-state index in [2.05, 4.69) is 10.6 Å². The predicted octanol–water partition coefficient (Wildman–Crippen LogP) is 3.99. The Morgan fingerprint density at radius 1 is 0.955 bits per heavy atom. The Kier molecular flexibility index (Phi) is 6.54. The zero-order chi connectivity index (χ0) is 16.0. The van der Waals surface area contributed by atoms with Crippen molar-refractivity contribution in [2.45, 2.75) is 96.2 Å². The van der Waals surface area contributed by atoms with Gasteiger partial charge < -0.3 is 15.4 Å². The van der Waals surface area contributed by atoms with E-state index in [1.165, 1.54) is 44.9 Å². The zero-order valence-electron chi connectivity index (χ0n) is 14.6. The van der Waals surface area contributed by atoms with Gasteiger partial charge >= 0.3 is 6.09 Å². The molecule has 0 radical (unpaired) electrons. The van der Waals surface area contributed by atoms with Gasteiger partial charge in [0.05, 0.1) is 0 Å². The third-order valence-electron chi connectivity index (χ3n) is 4.86. The van der Waals surface area contributed by atoms with Crippen LogP contribution in [0.1, 0.15) is 78.6 Å². The van der Waals surface area contributed by atoms with Crippen LogP contribution in [0.25, 0.3) is 0 Å². The molecule has 2 fully saturated rings. The van der Waals surface area contributed by atoms with Crippen LogP contribution in [0, 0.1) is 5.92 Å². The monoisotopic (exact) mass is 310 g/mol. The first-order chi connectivity index (χ1) is 10.4. The fraction of sp³-hybridized carbons (Fsp3) is 0.944. The van der Waals surface area contributed by atoms with Crippen molar-refractivity contribution in [1.82, 2.24) is 10.6 Å². The van der Waals surface area contributed by atoms with Crippen LogP contribution in [0.15, 0.2) is 0 Å². The van der Waals surface area contributed by atoms with E-state index in [1.54, 1.807) is 0 Å². The van der Waals surface area contributed by atoms with Crippen LogP contribution in [-0.2, 0) is 4.74 Å². The van der Waals surface area contributed by atoms with E-state index >= 15 is 0 Å². The van der Waals surface area contributed by atoms with E-state index in [9.17, 15) is 4.79 Å². The first-order valence-corrected chi connectivity index (χ1v) is 9.17. The molecule has 2 N–H and O–H groups in total. The average Bonchev–Trinajstić information content (AvgIpc) is 2.69. The molecule has 1 amide bonds. The molecule has 22 heavy (non-hydrogen) atoms. The summed E-state index contributed by atoms with van der Waals surface area (Å²) < 4.78 is 5.38. The summed E-state index contributed by atoms with van der Waals surface area (Å²) in [5, 5.41) is 6.79. The Morgan fingerprint density at radius 2 is 1.59 bits per heavy atom. The summed E-state index contributed by atoms with van der Waals surface area (Å²) >= 11 is 0. The molecule has 2 unspecified atom stereocenters. The molecule has 0 aromatic carbocycles. The van der Waals surface area contributed by atoms with Crippen molar-refractivity contribution in [3.63, 3.8) is 0 Å². The van der Waals surface area contributed by atoms with E-state index in [1.807, 2.05) is 20.8 Å². The quantitative estimate of drug-likeness (QED) is 0.772. The van der Waals surface area contributed by atoms with Gasteiger partial charge in [0.1, 0.15) is 5.60 Å². The second-order valence-corrected chi connectivity index (χ2v) is 8.06. The van der Waals surface area contributed by atoms with E-state index in [4.69, 9.17) is 4.74 Å². The van der Waals surface area contributed by atoms with Crippen LogP contribution in [0.3, 0.4) is 0 Å². The molecule has 2 aliphatic rings. The van der Waals surface area contributed by atoms with Crippen LogP contribution in [0.5, 0.6) is 0 Å². The SMILES string of the molecule is CC(C)(C)OC(=O)NC1CCCC1NCC1CCCCCC1. The molecule has 2 rings (SSSR count). The fourth-order valence-corrected chi connectivity index (χ4v) is 3.72. The number of hydrogen-bond donors (Lipinski definition) is 2. The van der Waals surface area contributed by atoms with Crippen LogP contribution < -0.4 is 10.6 Å². The topological polar surface area (TPSA) is 50.4 Å². The Hall–Kier alpha value is -0.770. The highest BCUT2D eigenvalue weighted by Gasteiger charge is 2.30. The Balaban J connectivity index is 1.74. The second-order valence-electron chi connectivity index (χ2n) is 8.06. The number of ether oxygens (including phenoxy) is 1. The molecule has 0 saturated heterocycles. The lowest BCUT2D eigenvalue weighted by atomic mass is 9.99. The highest BCUT2D eigenvalue weighted by Crippen LogP contribution is 2.24. The molecular weight excluding hydrogens is 276 g/mol. The number of nitrogens with one attached hydrogen (secondary N) is 2. The summed E-state index contributed by atoms with van der Waals surface area (Å²) in [6.45, 7) is 6.83.